The molecule has 20 heavy (non-hydrogen) atoms. The molecule has 0 N–H and O–H groups in total. The lowest BCUT2D eigenvalue weighted by Crippen LogP contribution is -2.06. The Balaban J connectivity index is 1.62. The van der Waals surface area contributed by atoms with E-state index in [1.165, 1.54) is 59.6 Å². The lowest BCUT2D eigenvalue weighted by molar-refractivity contribution is 0.473. The molecule has 0 spiro atoms. The Kier molecular flexibility index (Phi) is 2.33. The Bertz CT molecular complexity index is 682. The van der Waals surface area contributed by atoms with Crippen LogP contribution in [-0.4, -0.2) is 0 Å². The van der Waals surface area contributed by atoms with E-state index < -0.39 is 0 Å². The summed E-state index contributed by atoms with van der Waals surface area (Å²) in [5.74, 6) is 2.73. The number of fused-ring (bicyclic) bond motifs is 1. The molecule has 2 saturated carbocycles. The molecule has 0 heterocycles. The van der Waals surface area contributed by atoms with Crippen LogP contribution in [0.4, 0.5) is 0 Å². The molecule has 5 rings (SSSR count). The van der Waals surface area contributed by atoms with Crippen LogP contribution in [0.3, 0.4) is 0 Å². The summed E-state index contributed by atoms with van der Waals surface area (Å²) in [5, 5.41) is 3.16. The zero-order valence-corrected chi connectivity index (χ0v) is 12.4. The summed E-state index contributed by atoms with van der Waals surface area (Å²) in [5.41, 5.74) is 4.44. The minimum atomic E-state index is 0.215. The molecule has 0 saturated heterocycles. The van der Waals surface area contributed by atoms with E-state index in [9.17, 15) is 0 Å². The normalized spacial score (nSPS) is 31.6. The van der Waals surface area contributed by atoms with Crippen molar-refractivity contribution in [2.24, 2.45) is 17.8 Å². The predicted molar refractivity (Wildman–Crippen MR) is 84.3 cm³/mol. The second-order valence-electron chi connectivity index (χ2n) is 7.04. The van der Waals surface area contributed by atoms with E-state index in [0.29, 0.717) is 5.92 Å². The van der Waals surface area contributed by atoms with E-state index in [0.717, 1.165) is 11.8 Å². The molecule has 3 aliphatic carbocycles. The predicted octanol–water partition coefficient (Wildman–Crippen LogP) is 5.26. The van der Waals surface area contributed by atoms with Gasteiger partial charge in [-0.1, -0.05) is 30.3 Å². The summed E-state index contributed by atoms with van der Waals surface area (Å²) >= 11 is 6.90. The van der Waals surface area contributed by atoms with Crippen molar-refractivity contribution in [3.63, 3.8) is 0 Å². The molecule has 2 fully saturated rings. The van der Waals surface area contributed by atoms with Crippen molar-refractivity contribution in [1.82, 2.24) is 0 Å². The fraction of sp³-hybridized carbons (Fsp3) is 0.474. The molecular formula is C19H19Cl. The summed E-state index contributed by atoms with van der Waals surface area (Å²) < 4.78 is 0. The van der Waals surface area contributed by atoms with Gasteiger partial charge in [0.05, 0.1) is 5.38 Å². The van der Waals surface area contributed by atoms with E-state index in [-0.39, 0.29) is 5.38 Å². The molecule has 0 amide bonds. The molecule has 2 aromatic carbocycles. The second kappa shape index (κ2) is 4.01. The van der Waals surface area contributed by atoms with Crippen molar-refractivity contribution in [2.45, 2.75) is 37.5 Å². The fourth-order valence-electron chi connectivity index (χ4n) is 4.76. The molecule has 3 unspecified atom stereocenters. The van der Waals surface area contributed by atoms with E-state index >= 15 is 0 Å². The van der Waals surface area contributed by atoms with Crippen LogP contribution in [0, 0.1) is 17.8 Å². The lowest BCUT2D eigenvalue weighted by atomic mass is 9.90. The Morgan fingerprint density at radius 2 is 1.65 bits per heavy atom. The highest BCUT2D eigenvalue weighted by atomic mass is 35.5. The van der Waals surface area contributed by atoms with Crippen LogP contribution in [0.25, 0.3) is 10.8 Å². The third kappa shape index (κ3) is 1.55. The minimum absolute atomic E-state index is 0.215. The monoisotopic (exact) mass is 282 g/mol. The summed E-state index contributed by atoms with van der Waals surface area (Å²) in [7, 11) is 0. The first-order chi connectivity index (χ1) is 9.81. The number of halogens is 1. The molecule has 2 aromatic rings. The van der Waals surface area contributed by atoms with Gasteiger partial charge in [-0.05, 0) is 77.3 Å². The van der Waals surface area contributed by atoms with Gasteiger partial charge in [0.1, 0.15) is 0 Å². The first-order valence-corrected chi connectivity index (χ1v) is 8.42. The van der Waals surface area contributed by atoms with Gasteiger partial charge in [-0.25, -0.2) is 0 Å². The first-order valence-electron chi connectivity index (χ1n) is 7.98. The summed E-state index contributed by atoms with van der Waals surface area (Å²) in [6.45, 7) is 0. The summed E-state index contributed by atoms with van der Waals surface area (Å²) in [4.78, 5) is 0. The quantitative estimate of drug-likeness (QED) is 0.659. The van der Waals surface area contributed by atoms with Crippen LogP contribution in [0.5, 0.6) is 0 Å². The van der Waals surface area contributed by atoms with Gasteiger partial charge in [-0.2, -0.15) is 0 Å². The van der Waals surface area contributed by atoms with Crippen LogP contribution in [0.2, 0.25) is 0 Å². The van der Waals surface area contributed by atoms with Gasteiger partial charge in [-0.3, -0.25) is 0 Å². The van der Waals surface area contributed by atoms with Gasteiger partial charge < -0.3 is 0 Å². The Labute approximate surface area is 125 Å². The maximum Gasteiger partial charge on any atom is 0.0619 e. The van der Waals surface area contributed by atoms with Crippen LogP contribution in [0.15, 0.2) is 30.3 Å². The highest BCUT2D eigenvalue weighted by Crippen LogP contribution is 2.58. The SMILES string of the molecule is ClC(c1ccc2c3c(cccc13)CC2)C1CC2CC2C1. The molecular weight excluding hydrogens is 264 g/mol. The van der Waals surface area contributed by atoms with Crippen LogP contribution in [0.1, 0.15) is 41.3 Å². The molecule has 0 bridgehead atoms. The Hall–Kier alpha value is -1.01. The molecule has 0 nitrogen and oxygen atoms in total. The van der Waals surface area contributed by atoms with Crippen molar-refractivity contribution in [1.29, 1.82) is 0 Å². The van der Waals surface area contributed by atoms with Crippen LogP contribution in [-0.2, 0) is 12.8 Å². The van der Waals surface area contributed by atoms with Crippen molar-refractivity contribution < 1.29 is 0 Å². The molecule has 0 aromatic heterocycles. The average molecular weight is 283 g/mol. The molecule has 0 aliphatic heterocycles. The second-order valence-corrected chi connectivity index (χ2v) is 7.51. The van der Waals surface area contributed by atoms with Gasteiger partial charge in [-0.15, -0.1) is 11.6 Å². The highest BCUT2D eigenvalue weighted by molar-refractivity contribution is 6.22. The van der Waals surface area contributed by atoms with Gasteiger partial charge in [0, 0.05) is 0 Å². The van der Waals surface area contributed by atoms with Gasteiger partial charge >= 0.3 is 0 Å². The van der Waals surface area contributed by atoms with Gasteiger partial charge in [0.15, 0.2) is 0 Å². The number of hydrogen-bond acceptors (Lipinski definition) is 0. The number of benzene rings is 2. The minimum Gasteiger partial charge on any atom is -0.117 e. The maximum atomic E-state index is 6.90. The van der Waals surface area contributed by atoms with Crippen LogP contribution >= 0.6 is 11.6 Å². The Morgan fingerprint density at radius 1 is 0.900 bits per heavy atom. The topological polar surface area (TPSA) is 0 Å². The number of hydrogen-bond donors (Lipinski definition) is 0. The summed E-state index contributed by atoms with van der Waals surface area (Å²) in [6, 6.07) is 11.4. The molecule has 1 heteroatoms. The van der Waals surface area contributed by atoms with E-state index in [1.807, 2.05) is 0 Å². The van der Waals surface area contributed by atoms with Gasteiger partial charge in [0.25, 0.3) is 0 Å². The third-order valence-electron chi connectivity index (χ3n) is 5.90. The summed E-state index contributed by atoms with van der Waals surface area (Å²) in [6.07, 6.45) is 6.61. The van der Waals surface area contributed by atoms with E-state index in [2.05, 4.69) is 30.3 Å². The highest BCUT2D eigenvalue weighted by Gasteiger charge is 2.48. The zero-order chi connectivity index (χ0) is 13.3. The van der Waals surface area contributed by atoms with Crippen molar-refractivity contribution in [3.8, 4) is 0 Å². The van der Waals surface area contributed by atoms with E-state index in [1.54, 1.807) is 0 Å². The molecule has 102 valence electrons. The fourth-order valence-corrected chi connectivity index (χ4v) is 5.16. The van der Waals surface area contributed by atoms with Crippen molar-refractivity contribution in [3.05, 3.63) is 47.0 Å². The maximum absolute atomic E-state index is 6.90. The molecule has 3 aliphatic rings. The number of alkyl halides is 1. The standard InChI is InChI=1S/C19H19Cl/c20-19(15-9-13-8-14(13)10-15)17-7-6-12-5-4-11-2-1-3-16(17)18(11)12/h1-3,6-7,13-15,19H,4-5,8-10H2. The molecule has 3 atom stereocenters. The largest absolute Gasteiger partial charge is 0.117 e. The van der Waals surface area contributed by atoms with Crippen LogP contribution < -0.4 is 0 Å². The van der Waals surface area contributed by atoms with Crippen molar-refractivity contribution >= 4 is 22.4 Å². The number of rotatable bonds is 2. The van der Waals surface area contributed by atoms with Gasteiger partial charge in [0.2, 0.25) is 0 Å². The number of aryl methyl sites for hydroxylation is 2. The van der Waals surface area contributed by atoms with Crippen molar-refractivity contribution in [2.75, 3.05) is 0 Å². The zero-order valence-electron chi connectivity index (χ0n) is 11.6. The lowest BCUT2D eigenvalue weighted by Gasteiger charge is -2.21. The third-order valence-corrected chi connectivity index (χ3v) is 6.49. The van der Waals surface area contributed by atoms with E-state index in [4.69, 9.17) is 11.6 Å². The first kappa shape index (κ1) is 11.6. The Morgan fingerprint density at radius 3 is 2.45 bits per heavy atom. The molecule has 0 radical (unpaired) electrons. The smallest absolute Gasteiger partial charge is 0.0619 e. The average Bonchev–Trinajstić information content (AvgIpc) is 2.90.